The van der Waals surface area contributed by atoms with E-state index >= 15 is 0 Å². The third-order valence-electron chi connectivity index (χ3n) is 4.14. The van der Waals surface area contributed by atoms with Crippen LogP contribution in [0.1, 0.15) is 0 Å². The van der Waals surface area contributed by atoms with Gasteiger partial charge in [0, 0.05) is 22.2 Å². The molecule has 0 saturated carbocycles. The molecule has 9 nitrogen and oxygen atoms in total. The lowest BCUT2D eigenvalue weighted by Gasteiger charge is -2.17. The van der Waals surface area contributed by atoms with Crippen molar-refractivity contribution in [1.82, 2.24) is 25.2 Å². The summed E-state index contributed by atoms with van der Waals surface area (Å²) in [5.41, 5.74) is 1.56. The highest BCUT2D eigenvalue weighted by molar-refractivity contribution is 9.10. The van der Waals surface area contributed by atoms with Gasteiger partial charge in [-0.25, -0.2) is 4.98 Å². The molecule has 4 aromatic rings. The van der Waals surface area contributed by atoms with Crippen LogP contribution in [0, 0.1) is 0 Å². The average Bonchev–Trinajstić information content (AvgIpc) is 3.32. The standard InChI is InChI=1S/C18H13BrN6O3S/c19-11-3-1-10(2-4-11)17-22-24-25(23-17)9-16(26)21-18-20-12-7-13-14(8-15(12)29-18)28-6-5-27-13/h1-4,7-8H,5-6,9H2,(H,20,21,26). The van der Waals surface area contributed by atoms with Crippen LogP contribution in [0.5, 0.6) is 11.5 Å². The zero-order valence-electron chi connectivity index (χ0n) is 14.8. The van der Waals surface area contributed by atoms with Gasteiger partial charge in [0.25, 0.3) is 0 Å². The van der Waals surface area contributed by atoms with E-state index in [0.29, 0.717) is 35.7 Å². The Balaban J connectivity index is 1.29. The summed E-state index contributed by atoms with van der Waals surface area (Å²) in [5, 5.41) is 15.5. The van der Waals surface area contributed by atoms with Gasteiger partial charge in [-0.2, -0.15) is 4.80 Å². The van der Waals surface area contributed by atoms with Crippen molar-refractivity contribution in [3.05, 3.63) is 40.9 Å². The van der Waals surface area contributed by atoms with Gasteiger partial charge >= 0.3 is 0 Å². The van der Waals surface area contributed by atoms with E-state index in [1.165, 1.54) is 16.1 Å². The van der Waals surface area contributed by atoms with Gasteiger partial charge in [-0.15, -0.1) is 10.2 Å². The Hall–Kier alpha value is -3.05. The smallest absolute Gasteiger partial charge is 0.249 e. The summed E-state index contributed by atoms with van der Waals surface area (Å²) in [6.45, 7) is 0.968. The molecule has 5 rings (SSSR count). The van der Waals surface area contributed by atoms with E-state index in [4.69, 9.17) is 9.47 Å². The van der Waals surface area contributed by atoms with Crippen molar-refractivity contribution in [3.63, 3.8) is 0 Å². The van der Waals surface area contributed by atoms with Crippen LogP contribution in [0.4, 0.5) is 5.13 Å². The number of thiazole rings is 1. The monoisotopic (exact) mass is 472 g/mol. The van der Waals surface area contributed by atoms with Crippen LogP contribution in [0.15, 0.2) is 40.9 Å². The van der Waals surface area contributed by atoms with Crippen LogP contribution >= 0.6 is 27.3 Å². The van der Waals surface area contributed by atoms with E-state index in [1.807, 2.05) is 36.4 Å². The van der Waals surface area contributed by atoms with Gasteiger partial charge in [-0.3, -0.25) is 4.79 Å². The fourth-order valence-electron chi connectivity index (χ4n) is 2.83. The van der Waals surface area contributed by atoms with E-state index in [2.05, 4.69) is 41.6 Å². The Morgan fingerprint density at radius 2 is 1.93 bits per heavy atom. The number of benzene rings is 2. The molecule has 0 aliphatic carbocycles. The van der Waals surface area contributed by atoms with E-state index in [-0.39, 0.29) is 12.5 Å². The Kier molecular flexibility index (Phi) is 4.60. The van der Waals surface area contributed by atoms with Crippen molar-refractivity contribution in [1.29, 1.82) is 0 Å². The Bertz CT molecular complexity index is 1160. The summed E-state index contributed by atoms with van der Waals surface area (Å²) in [6.07, 6.45) is 0. The zero-order chi connectivity index (χ0) is 19.8. The van der Waals surface area contributed by atoms with E-state index in [0.717, 1.165) is 20.3 Å². The quantitative estimate of drug-likeness (QED) is 0.486. The minimum Gasteiger partial charge on any atom is -0.486 e. The maximum absolute atomic E-state index is 12.4. The molecule has 11 heteroatoms. The summed E-state index contributed by atoms with van der Waals surface area (Å²) >= 11 is 4.75. The average molecular weight is 473 g/mol. The van der Waals surface area contributed by atoms with Gasteiger partial charge < -0.3 is 14.8 Å². The summed E-state index contributed by atoms with van der Waals surface area (Å²) in [7, 11) is 0. The molecule has 0 atom stereocenters. The minimum absolute atomic E-state index is 0.0673. The molecular formula is C18H13BrN6O3S. The van der Waals surface area contributed by atoms with Gasteiger partial charge in [0.05, 0.1) is 10.2 Å². The second kappa shape index (κ2) is 7.41. The number of carbonyl (C=O) groups excluding carboxylic acids is 1. The lowest BCUT2D eigenvalue weighted by molar-refractivity contribution is -0.117. The van der Waals surface area contributed by atoms with Crippen molar-refractivity contribution in [2.45, 2.75) is 6.54 Å². The normalized spacial score (nSPS) is 12.9. The molecule has 0 radical (unpaired) electrons. The number of aromatic nitrogens is 5. The number of hydrogen-bond acceptors (Lipinski definition) is 8. The predicted molar refractivity (Wildman–Crippen MR) is 110 cm³/mol. The lowest BCUT2D eigenvalue weighted by atomic mass is 10.2. The lowest BCUT2D eigenvalue weighted by Crippen LogP contribution is -2.20. The van der Waals surface area contributed by atoms with Crippen LogP contribution in [-0.2, 0) is 11.3 Å². The molecular weight excluding hydrogens is 460 g/mol. The van der Waals surface area contributed by atoms with E-state index in [9.17, 15) is 4.79 Å². The number of carbonyl (C=O) groups is 1. The van der Waals surface area contributed by atoms with Crippen molar-refractivity contribution in [3.8, 4) is 22.9 Å². The van der Waals surface area contributed by atoms with E-state index < -0.39 is 0 Å². The van der Waals surface area contributed by atoms with Crippen LogP contribution in [-0.4, -0.2) is 44.3 Å². The van der Waals surface area contributed by atoms with Crippen LogP contribution in [0.3, 0.4) is 0 Å². The molecule has 1 amide bonds. The van der Waals surface area contributed by atoms with Gasteiger partial charge in [0.1, 0.15) is 19.8 Å². The number of hydrogen-bond donors (Lipinski definition) is 1. The van der Waals surface area contributed by atoms with Gasteiger partial charge in [0.2, 0.25) is 11.7 Å². The fourth-order valence-corrected chi connectivity index (χ4v) is 3.99. The summed E-state index contributed by atoms with van der Waals surface area (Å²) in [4.78, 5) is 18.1. The number of nitrogens with one attached hydrogen (secondary N) is 1. The molecule has 1 aliphatic heterocycles. The highest BCUT2D eigenvalue weighted by Crippen LogP contribution is 2.37. The molecule has 0 saturated heterocycles. The van der Waals surface area contributed by atoms with Crippen LogP contribution in [0.2, 0.25) is 0 Å². The molecule has 0 unspecified atom stereocenters. The Morgan fingerprint density at radius 1 is 1.17 bits per heavy atom. The number of halogens is 1. The molecule has 2 aromatic heterocycles. The van der Waals surface area contributed by atoms with Gasteiger partial charge in [-0.1, -0.05) is 27.3 Å². The molecule has 146 valence electrons. The molecule has 0 fully saturated rings. The highest BCUT2D eigenvalue weighted by atomic mass is 79.9. The molecule has 2 aromatic carbocycles. The zero-order valence-corrected chi connectivity index (χ0v) is 17.2. The van der Waals surface area contributed by atoms with Crippen LogP contribution in [0.25, 0.3) is 21.6 Å². The number of tetrazole rings is 1. The Labute approximate surface area is 176 Å². The third kappa shape index (κ3) is 3.78. The number of fused-ring (bicyclic) bond motifs is 2. The van der Waals surface area contributed by atoms with E-state index in [1.54, 1.807) is 0 Å². The molecule has 0 spiro atoms. The highest BCUT2D eigenvalue weighted by Gasteiger charge is 2.16. The summed E-state index contributed by atoms with van der Waals surface area (Å²) < 4.78 is 13.0. The third-order valence-corrected chi connectivity index (χ3v) is 5.60. The first-order chi connectivity index (χ1) is 14.1. The first-order valence-corrected chi connectivity index (χ1v) is 10.3. The topological polar surface area (TPSA) is 104 Å². The minimum atomic E-state index is -0.291. The van der Waals surface area contributed by atoms with Gasteiger partial charge in [0.15, 0.2) is 16.6 Å². The fraction of sp³-hybridized carbons (Fsp3) is 0.167. The second-order valence-electron chi connectivity index (χ2n) is 6.18. The van der Waals surface area contributed by atoms with Crippen molar-refractivity contribution >= 4 is 48.5 Å². The number of nitrogens with zero attached hydrogens (tertiary/aromatic N) is 5. The number of ether oxygens (including phenoxy) is 2. The SMILES string of the molecule is O=C(Cn1nnc(-c2ccc(Br)cc2)n1)Nc1nc2cc3c(cc2s1)OCCO3. The predicted octanol–water partition coefficient (Wildman–Crippen LogP) is 3.12. The van der Waals surface area contributed by atoms with Crippen molar-refractivity contribution in [2.75, 3.05) is 18.5 Å². The first-order valence-electron chi connectivity index (χ1n) is 8.68. The van der Waals surface area contributed by atoms with Crippen molar-refractivity contribution < 1.29 is 14.3 Å². The summed E-state index contributed by atoms with van der Waals surface area (Å²) in [6, 6.07) is 11.2. The number of amides is 1. The van der Waals surface area contributed by atoms with Gasteiger partial charge in [-0.05, 0) is 29.5 Å². The maximum atomic E-state index is 12.4. The molecule has 1 aliphatic rings. The largest absolute Gasteiger partial charge is 0.486 e. The number of rotatable bonds is 4. The number of anilines is 1. The van der Waals surface area contributed by atoms with Crippen LogP contribution < -0.4 is 14.8 Å². The molecule has 0 bridgehead atoms. The Morgan fingerprint density at radius 3 is 2.72 bits per heavy atom. The molecule has 1 N–H and O–H groups in total. The first kappa shape index (κ1) is 18.0. The summed E-state index contributed by atoms with van der Waals surface area (Å²) in [5.74, 6) is 1.52. The second-order valence-corrected chi connectivity index (χ2v) is 8.13. The van der Waals surface area contributed by atoms with Crippen molar-refractivity contribution in [2.24, 2.45) is 0 Å². The maximum Gasteiger partial charge on any atom is 0.249 e. The molecule has 29 heavy (non-hydrogen) atoms. The molecule has 3 heterocycles.